The molecule has 0 radical (unpaired) electrons. The van der Waals surface area contributed by atoms with Gasteiger partial charge in [0.25, 0.3) is 0 Å². The summed E-state index contributed by atoms with van der Waals surface area (Å²) in [5, 5.41) is 0. The van der Waals surface area contributed by atoms with Crippen molar-refractivity contribution in [3.63, 3.8) is 0 Å². The van der Waals surface area contributed by atoms with E-state index in [1.165, 1.54) is 0 Å². The molecule has 5 nitrogen and oxygen atoms in total. The van der Waals surface area contributed by atoms with Crippen molar-refractivity contribution in [1.82, 2.24) is 4.90 Å². The molecule has 180 valence electrons. The van der Waals surface area contributed by atoms with Crippen molar-refractivity contribution >= 4 is 147 Å². The number of hydrogen-bond acceptors (Lipinski definition) is 5. The van der Waals surface area contributed by atoms with Crippen LogP contribution in [0.5, 0.6) is 0 Å². The van der Waals surface area contributed by atoms with Crippen LogP contribution < -0.4 is 0 Å². The molecule has 0 unspecified atom stereocenters. The highest BCUT2D eigenvalue weighted by atomic mass is 127. The molecule has 0 fully saturated rings. The first kappa shape index (κ1) is 30.9. The van der Waals surface area contributed by atoms with Gasteiger partial charge >= 0.3 is 11.9 Å². The maximum absolute atomic E-state index is 12.7. The van der Waals surface area contributed by atoms with Gasteiger partial charge in [-0.15, -0.1) is 0 Å². The topological polar surface area (TPSA) is 55.8 Å². The molecule has 2 rings (SSSR count). The SMILES string of the molecule is CCCCN(CCOC(=O)c1cc(I)cc(I)c1I)CCOC(=O)c1c(I)ccc(I)c1I. The Kier molecular flexibility index (Phi) is 14.9. The molecule has 33 heavy (non-hydrogen) atoms. The summed E-state index contributed by atoms with van der Waals surface area (Å²) < 4.78 is 16.9. The molecule has 2 aromatic rings. The zero-order chi connectivity index (χ0) is 24.5. The lowest BCUT2D eigenvalue weighted by atomic mass is 10.2. The van der Waals surface area contributed by atoms with E-state index >= 15 is 0 Å². The highest BCUT2D eigenvalue weighted by Gasteiger charge is 2.19. The predicted octanol–water partition coefficient (Wildman–Crippen LogP) is 7.43. The van der Waals surface area contributed by atoms with Crippen LogP contribution in [0.4, 0.5) is 0 Å². The summed E-state index contributed by atoms with van der Waals surface area (Å²) in [6, 6.07) is 7.81. The molecule has 0 atom stereocenters. The number of hydrogen-bond donors (Lipinski definition) is 0. The van der Waals surface area contributed by atoms with Crippen LogP contribution in [0, 0.1) is 21.4 Å². The van der Waals surface area contributed by atoms with Gasteiger partial charge in [0.15, 0.2) is 0 Å². The monoisotopic (exact) mass is 1120 g/mol. The molecule has 0 aromatic heterocycles. The van der Waals surface area contributed by atoms with Gasteiger partial charge in [0.1, 0.15) is 13.2 Å². The van der Waals surface area contributed by atoms with Crippen molar-refractivity contribution in [3.05, 3.63) is 56.8 Å². The molecular formula is C22H21I6NO4. The molecular weight excluding hydrogens is 1100 g/mol. The average molecular weight is 1120 g/mol. The molecule has 0 bridgehead atoms. The van der Waals surface area contributed by atoms with Crippen LogP contribution in [0.1, 0.15) is 40.5 Å². The van der Waals surface area contributed by atoms with E-state index in [9.17, 15) is 9.59 Å². The normalized spacial score (nSPS) is 11.0. The van der Waals surface area contributed by atoms with E-state index in [0.717, 1.165) is 40.8 Å². The summed E-state index contributed by atoms with van der Waals surface area (Å²) in [5.41, 5.74) is 1.22. The van der Waals surface area contributed by atoms with Crippen LogP contribution in [0.2, 0.25) is 0 Å². The minimum Gasteiger partial charge on any atom is -0.461 e. The molecule has 2 aromatic carbocycles. The average Bonchev–Trinajstić information content (AvgIpc) is 2.76. The van der Waals surface area contributed by atoms with E-state index in [0.29, 0.717) is 37.4 Å². The van der Waals surface area contributed by atoms with E-state index in [-0.39, 0.29) is 11.9 Å². The number of carbonyl (C=O) groups excluding carboxylic acids is 2. The Morgan fingerprint density at radius 3 is 2.03 bits per heavy atom. The summed E-state index contributed by atoms with van der Waals surface area (Å²) in [6.07, 6.45) is 2.09. The molecule has 11 heteroatoms. The van der Waals surface area contributed by atoms with Crippen LogP contribution in [-0.2, 0) is 9.47 Å². The molecule has 0 saturated carbocycles. The van der Waals surface area contributed by atoms with E-state index in [2.05, 4.69) is 147 Å². The second-order valence-corrected chi connectivity index (χ2v) is 13.8. The van der Waals surface area contributed by atoms with Gasteiger partial charge in [0.05, 0.1) is 11.1 Å². The van der Waals surface area contributed by atoms with Crippen LogP contribution in [0.3, 0.4) is 0 Å². The third kappa shape index (κ3) is 9.84. The minimum atomic E-state index is -0.305. The highest BCUT2D eigenvalue weighted by molar-refractivity contribution is 14.1. The molecule has 0 saturated heterocycles. The number of unbranched alkanes of at least 4 members (excludes halogenated alkanes) is 1. The Morgan fingerprint density at radius 2 is 1.39 bits per heavy atom. The minimum absolute atomic E-state index is 0.293. The van der Waals surface area contributed by atoms with Gasteiger partial charge in [-0.2, -0.15) is 0 Å². The van der Waals surface area contributed by atoms with Crippen molar-refractivity contribution in [3.8, 4) is 0 Å². The van der Waals surface area contributed by atoms with E-state index in [1.54, 1.807) is 0 Å². The largest absolute Gasteiger partial charge is 0.461 e. The molecule has 0 aliphatic carbocycles. The molecule has 0 aliphatic heterocycles. The second-order valence-electron chi connectivity index (χ2n) is 6.93. The summed E-state index contributed by atoms with van der Waals surface area (Å²) in [6.45, 7) is 4.78. The summed E-state index contributed by atoms with van der Waals surface area (Å²) in [5.74, 6) is -0.604. The summed E-state index contributed by atoms with van der Waals surface area (Å²) in [7, 11) is 0. The Bertz CT molecular complexity index is 1000. The summed E-state index contributed by atoms with van der Waals surface area (Å²) >= 11 is 13.2. The number of esters is 2. The predicted molar refractivity (Wildman–Crippen MR) is 181 cm³/mol. The molecule has 0 N–H and O–H groups in total. The highest BCUT2D eigenvalue weighted by Crippen LogP contribution is 2.25. The number of benzene rings is 2. The van der Waals surface area contributed by atoms with Crippen molar-refractivity contribution in [1.29, 1.82) is 0 Å². The number of rotatable bonds is 11. The first-order valence-electron chi connectivity index (χ1n) is 10.00. The van der Waals surface area contributed by atoms with Gasteiger partial charge in [-0.05, 0) is 173 Å². The molecule has 0 heterocycles. The van der Waals surface area contributed by atoms with Crippen LogP contribution in [0.25, 0.3) is 0 Å². The van der Waals surface area contributed by atoms with E-state index in [1.807, 2.05) is 24.3 Å². The van der Waals surface area contributed by atoms with Crippen molar-refractivity contribution < 1.29 is 19.1 Å². The van der Waals surface area contributed by atoms with E-state index < -0.39 is 0 Å². The lowest BCUT2D eigenvalue weighted by Crippen LogP contribution is -2.33. The fourth-order valence-corrected chi connectivity index (χ4v) is 7.52. The van der Waals surface area contributed by atoms with E-state index in [4.69, 9.17) is 9.47 Å². The third-order valence-corrected chi connectivity index (χ3v) is 12.2. The number of halogens is 6. The Hall–Kier alpha value is 1.72. The first-order valence-corrected chi connectivity index (χ1v) is 16.5. The van der Waals surface area contributed by atoms with Gasteiger partial charge in [0, 0.05) is 34.5 Å². The molecule has 0 spiro atoms. The standard InChI is InChI=1S/C22H21I6NO4/c1-2-3-6-29(7-9-32-21(30)14-11-13(23)12-17(26)19(14)27)8-10-33-22(31)18-15(24)4-5-16(25)20(18)28/h4-5,11-12H,2-3,6-10H2,1H3. The molecule has 0 aliphatic rings. The second kappa shape index (κ2) is 15.9. The molecule has 0 amide bonds. The van der Waals surface area contributed by atoms with Gasteiger partial charge in [-0.1, -0.05) is 13.3 Å². The van der Waals surface area contributed by atoms with Gasteiger partial charge in [-0.25, -0.2) is 9.59 Å². The maximum atomic E-state index is 12.7. The Morgan fingerprint density at radius 1 is 0.788 bits per heavy atom. The Balaban J connectivity index is 1.90. The Labute approximate surface area is 276 Å². The smallest absolute Gasteiger partial charge is 0.340 e. The van der Waals surface area contributed by atoms with Crippen molar-refractivity contribution in [2.45, 2.75) is 19.8 Å². The lowest BCUT2D eigenvalue weighted by Gasteiger charge is -2.22. The fraction of sp³-hybridized carbons (Fsp3) is 0.364. The van der Waals surface area contributed by atoms with Crippen molar-refractivity contribution in [2.75, 3.05) is 32.8 Å². The number of nitrogens with zero attached hydrogens (tertiary/aromatic N) is 1. The summed E-state index contributed by atoms with van der Waals surface area (Å²) in [4.78, 5) is 27.4. The van der Waals surface area contributed by atoms with Gasteiger partial charge in [0.2, 0.25) is 0 Å². The van der Waals surface area contributed by atoms with Crippen LogP contribution in [-0.4, -0.2) is 49.7 Å². The van der Waals surface area contributed by atoms with Gasteiger partial charge in [-0.3, -0.25) is 4.90 Å². The maximum Gasteiger partial charge on any atom is 0.340 e. The third-order valence-electron chi connectivity index (χ3n) is 4.57. The van der Waals surface area contributed by atoms with Gasteiger partial charge < -0.3 is 9.47 Å². The number of ether oxygens (including phenoxy) is 2. The number of carbonyl (C=O) groups is 2. The first-order chi connectivity index (χ1) is 15.6. The van der Waals surface area contributed by atoms with Crippen molar-refractivity contribution in [2.24, 2.45) is 0 Å². The lowest BCUT2D eigenvalue weighted by molar-refractivity contribution is 0.0393. The fourth-order valence-electron chi connectivity index (χ4n) is 2.82. The zero-order valence-electron chi connectivity index (χ0n) is 17.6. The van der Waals surface area contributed by atoms with Crippen LogP contribution in [0.15, 0.2) is 24.3 Å². The zero-order valence-corrected chi connectivity index (χ0v) is 30.6. The van der Waals surface area contributed by atoms with Crippen LogP contribution >= 0.6 is 136 Å². The quantitative estimate of drug-likeness (QED) is 0.133.